The van der Waals surface area contributed by atoms with Crippen LogP contribution in [0, 0.1) is 0 Å². The predicted molar refractivity (Wildman–Crippen MR) is 116 cm³/mol. The molecule has 152 valence electrons. The number of nitrogens with zero attached hydrogens (tertiary/aromatic N) is 4. The number of aromatic amines is 1. The highest BCUT2D eigenvalue weighted by Crippen LogP contribution is 2.36. The topological polar surface area (TPSA) is 92.8 Å². The van der Waals surface area contributed by atoms with Gasteiger partial charge in [0.15, 0.2) is 0 Å². The molecule has 3 N–H and O–H groups in total. The number of nitrogen functional groups attached to an aromatic ring is 1. The maximum Gasteiger partial charge on any atom is 0.243 e. The summed E-state index contributed by atoms with van der Waals surface area (Å²) in [5.41, 5.74) is 9.85. The molecule has 7 heteroatoms. The van der Waals surface area contributed by atoms with Crippen molar-refractivity contribution in [2.45, 2.75) is 31.8 Å². The molecule has 1 aliphatic rings. The quantitative estimate of drug-likeness (QED) is 0.545. The van der Waals surface area contributed by atoms with Crippen molar-refractivity contribution < 1.29 is 4.79 Å². The van der Waals surface area contributed by atoms with Crippen molar-refractivity contribution in [1.82, 2.24) is 24.6 Å². The lowest BCUT2D eigenvalue weighted by molar-refractivity contribution is -0.135. The van der Waals surface area contributed by atoms with Gasteiger partial charge in [0, 0.05) is 30.0 Å². The monoisotopic (exact) mass is 400 g/mol. The number of nitrogens with one attached hydrogen (secondary N) is 1. The van der Waals surface area contributed by atoms with Gasteiger partial charge >= 0.3 is 0 Å². The van der Waals surface area contributed by atoms with Crippen LogP contribution in [0.3, 0.4) is 0 Å². The fourth-order valence-electron chi connectivity index (χ4n) is 4.44. The molecule has 0 unspecified atom stereocenters. The van der Waals surface area contributed by atoms with E-state index in [-0.39, 0.29) is 11.9 Å². The number of carbonyl (C=O) groups is 1. The number of rotatable bonds is 4. The normalized spacial score (nSPS) is 16.8. The molecule has 0 saturated carbocycles. The number of aromatic nitrogens is 4. The van der Waals surface area contributed by atoms with Gasteiger partial charge in [0.2, 0.25) is 5.91 Å². The number of anilines is 1. The Morgan fingerprint density at radius 1 is 1.20 bits per heavy atom. The molecule has 0 bridgehead atoms. The molecule has 5 rings (SSSR count). The third-order valence-corrected chi connectivity index (χ3v) is 5.90. The summed E-state index contributed by atoms with van der Waals surface area (Å²) in [6.45, 7) is 1.08. The Balaban J connectivity index is 1.44. The van der Waals surface area contributed by atoms with E-state index in [4.69, 9.17) is 5.73 Å². The van der Waals surface area contributed by atoms with Gasteiger partial charge in [-0.25, -0.2) is 4.98 Å². The molecule has 3 aromatic heterocycles. The van der Waals surface area contributed by atoms with Crippen molar-refractivity contribution in [3.8, 4) is 11.1 Å². The number of fused-ring (bicyclic) bond motifs is 1. The van der Waals surface area contributed by atoms with Crippen LogP contribution >= 0.6 is 0 Å². The Morgan fingerprint density at radius 2 is 2.10 bits per heavy atom. The van der Waals surface area contributed by atoms with Gasteiger partial charge in [-0.1, -0.05) is 18.2 Å². The maximum atomic E-state index is 13.4. The molecule has 7 nitrogen and oxygen atoms in total. The van der Waals surface area contributed by atoms with E-state index in [9.17, 15) is 4.79 Å². The van der Waals surface area contributed by atoms with E-state index in [0.717, 1.165) is 53.5 Å². The van der Waals surface area contributed by atoms with E-state index in [1.54, 1.807) is 12.4 Å². The Hall–Kier alpha value is -3.61. The highest BCUT2D eigenvalue weighted by Gasteiger charge is 2.31. The largest absolute Gasteiger partial charge is 0.384 e. The van der Waals surface area contributed by atoms with Crippen LogP contribution in [0.4, 0.5) is 5.82 Å². The summed E-state index contributed by atoms with van der Waals surface area (Å²) >= 11 is 0. The fourth-order valence-corrected chi connectivity index (χ4v) is 4.44. The molecule has 1 saturated heterocycles. The lowest BCUT2D eigenvalue weighted by Gasteiger charge is -2.36. The molecule has 1 fully saturated rings. The van der Waals surface area contributed by atoms with Crippen molar-refractivity contribution in [3.05, 3.63) is 66.7 Å². The van der Waals surface area contributed by atoms with Crippen molar-refractivity contribution in [3.63, 3.8) is 0 Å². The third-order valence-electron chi connectivity index (χ3n) is 5.90. The van der Waals surface area contributed by atoms with Gasteiger partial charge < -0.3 is 15.2 Å². The lowest BCUT2D eigenvalue weighted by Crippen LogP contribution is -2.40. The highest BCUT2D eigenvalue weighted by atomic mass is 16.2. The zero-order valence-corrected chi connectivity index (χ0v) is 16.7. The van der Waals surface area contributed by atoms with Crippen LogP contribution in [-0.2, 0) is 11.3 Å². The maximum absolute atomic E-state index is 13.4. The summed E-state index contributed by atoms with van der Waals surface area (Å²) in [5.74, 6) is 0.589. The van der Waals surface area contributed by atoms with Crippen LogP contribution < -0.4 is 5.73 Å². The Morgan fingerprint density at radius 3 is 3.00 bits per heavy atom. The van der Waals surface area contributed by atoms with E-state index in [0.29, 0.717) is 12.4 Å². The number of pyridine rings is 1. The van der Waals surface area contributed by atoms with Gasteiger partial charge in [0.25, 0.3) is 0 Å². The Bertz CT molecular complexity index is 1190. The van der Waals surface area contributed by atoms with Crippen LogP contribution in [0.25, 0.3) is 22.0 Å². The average Bonchev–Trinajstić information content (AvgIpc) is 3.41. The minimum absolute atomic E-state index is 0.0278. The predicted octanol–water partition coefficient (Wildman–Crippen LogP) is 3.76. The molecule has 0 spiro atoms. The molecule has 0 aliphatic carbocycles. The summed E-state index contributed by atoms with van der Waals surface area (Å²) in [5, 5.41) is 8.58. The van der Waals surface area contributed by atoms with Crippen molar-refractivity contribution >= 4 is 22.6 Å². The minimum atomic E-state index is -0.0278. The van der Waals surface area contributed by atoms with Crippen LogP contribution in [-0.4, -0.2) is 37.1 Å². The summed E-state index contributed by atoms with van der Waals surface area (Å²) < 4.78 is 2.03. The molecule has 4 aromatic rings. The molecule has 1 aromatic carbocycles. The molecule has 1 atom stereocenters. The number of carbonyl (C=O) groups excluding carboxylic acids is 1. The lowest BCUT2D eigenvalue weighted by atomic mass is 9.94. The van der Waals surface area contributed by atoms with Crippen molar-refractivity contribution in [2.24, 2.45) is 0 Å². The second-order valence-electron chi connectivity index (χ2n) is 7.77. The molecular weight excluding hydrogens is 376 g/mol. The van der Waals surface area contributed by atoms with Crippen LogP contribution in [0.15, 0.2) is 61.1 Å². The highest BCUT2D eigenvalue weighted by molar-refractivity contribution is 5.83. The second-order valence-corrected chi connectivity index (χ2v) is 7.77. The van der Waals surface area contributed by atoms with E-state index < -0.39 is 0 Å². The fraction of sp³-hybridized carbons (Fsp3) is 0.261. The first-order chi connectivity index (χ1) is 14.7. The first-order valence-electron chi connectivity index (χ1n) is 10.3. The summed E-state index contributed by atoms with van der Waals surface area (Å²) in [7, 11) is 0. The number of amides is 1. The zero-order valence-electron chi connectivity index (χ0n) is 16.7. The van der Waals surface area contributed by atoms with E-state index in [1.807, 2.05) is 39.9 Å². The van der Waals surface area contributed by atoms with Gasteiger partial charge in [-0.15, -0.1) is 0 Å². The second kappa shape index (κ2) is 7.67. The smallest absolute Gasteiger partial charge is 0.243 e. The van der Waals surface area contributed by atoms with Crippen LogP contribution in [0.2, 0.25) is 0 Å². The SMILES string of the molecule is Nc1cc(-c2cn[nH]c2[C@@H]2CCCCN2C(=O)Cn2ccc3ccccc32)ccn1. The molecular formula is C23H24N6O. The standard InChI is InChI=1S/C23H24N6O/c24-21-13-17(8-10-25-21)18-14-26-27-23(18)20-7-3-4-11-29(20)22(30)15-28-12-9-16-5-1-2-6-19(16)28/h1-2,5-6,8-10,12-14,20H,3-4,7,11,15H2,(H2,24,25)(H,26,27)/t20-/m0/s1. The number of nitrogens with two attached hydrogens (primary N) is 1. The van der Waals surface area contributed by atoms with E-state index >= 15 is 0 Å². The van der Waals surface area contributed by atoms with E-state index in [1.165, 1.54) is 0 Å². The van der Waals surface area contributed by atoms with Gasteiger partial charge in [-0.05, 0) is 54.5 Å². The third kappa shape index (κ3) is 3.32. The Kier molecular flexibility index (Phi) is 4.71. The molecule has 30 heavy (non-hydrogen) atoms. The van der Waals surface area contributed by atoms with Gasteiger partial charge in [-0.3, -0.25) is 9.89 Å². The minimum Gasteiger partial charge on any atom is -0.384 e. The molecule has 4 heterocycles. The number of hydrogen-bond donors (Lipinski definition) is 2. The number of para-hydroxylation sites is 1. The van der Waals surface area contributed by atoms with Gasteiger partial charge in [0.1, 0.15) is 12.4 Å². The number of likely N-dealkylation sites (tertiary alicyclic amines) is 1. The molecule has 1 amide bonds. The van der Waals surface area contributed by atoms with E-state index in [2.05, 4.69) is 33.4 Å². The van der Waals surface area contributed by atoms with Gasteiger partial charge in [-0.2, -0.15) is 5.10 Å². The van der Waals surface area contributed by atoms with Crippen LogP contribution in [0.1, 0.15) is 31.0 Å². The molecule has 1 aliphatic heterocycles. The summed E-state index contributed by atoms with van der Waals surface area (Å²) in [4.78, 5) is 19.4. The van der Waals surface area contributed by atoms with Gasteiger partial charge in [0.05, 0.1) is 17.9 Å². The first kappa shape index (κ1) is 18.4. The number of H-pyrrole nitrogens is 1. The molecule has 0 radical (unpaired) electrons. The zero-order chi connectivity index (χ0) is 20.5. The van der Waals surface area contributed by atoms with Crippen molar-refractivity contribution in [2.75, 3.05) is 12.3 Å². The number of benzene rings is 1. The number of piperidine rings is 1. The summed E-state index contributed by atoms with van der Waals surface area (Å²) in [6.07, 6.45) is 8.50. The van der Waals surface area contributed by atoms with Crippen molar-refractivity contribution in [1.29, 1.82) is 0 Å². The van der Waals surface area contributed by atoms with Crippen LogP contribution in [0.5, 0.6) is 0 Å². The average molecular weight is 400 g/mol. The first-order valence-corrected chi connectivity index (χ1v) is 10.3. The Labute approximate surface area is 174 Å². The number of hydrogen-bond acceptors (Lipinski definition) is 4. The summed E-state index contributed by atoms with van der Waals surface area (Å²) in [6, 6.07) is 13.9.